The van der Waals surface area contributed by atoms with E-state index in [9.17, 15) is 0 Å². The van der Waals surface area contributed by atoms with Crippen molar-refractivity contribution in [1.29, 1.82) is 0 Å². The van der Waals surface area contributed by atoms with Crippen molar-refractivity contribution in [2.24, 2.45) is 7.05 Å². The minimum absolute atomic E-state index is 0.531. The SMILES string of the molecule is Cn1c(O[Si](C)(C)C)nc(O[Si](C)(C)C)c2ncnc1-2. The summed E-state index contributed by atoms with van der Waals surface area (Å²) < 4.78 is 13.9. The molecule has 0 fully saturated rings. The highest BCUT2D eigenvalue weighted by Gasteiger charge is 2.28. The van der Waals surface area contributed by atoms with Crippen LogP contribution in [0.25, 0.3) is 11.5 Å². The highest BCUT2D eigenvalue weighted by Crippen LogP contribution is 2.32. The second-order valence-corrected chi connectivity index (χ2v) is 15.6. The minimum atomic E-state index is -1.77. The summed E-state index contributed by atoms with van der Waals surface area (Å²) in [6.07, 6.45) is 1.53. The Balaban J connectivity index is 2.53. The van der Waals surface area contributed by atoms with E-state index in [0.29, 0.717) is 17.6 Å². The molecule has 0 amide bonds. The van der Waals surface area contributed by atoms with Crippen LogP contribution in [0.4, 0.5) is 0 Å². The normalized spacial score (nSPS) is 12.8. The summed E-state index contributed by atoms with van der Waals surface area (Å²) >= 11 is 0. The largest absolute Gasteiger partial charge is 0.530 e. The zero-order valence-electron chi connectivity index (χ0n) is 13.2. The van der Waals surface area contributed by atoms with Gasteiger partial charge in [-0.2, -0.15) is 4.98 Å². The molecule has 0 saturated heterocycles. The van der Waals surface area contributed by atoms with E-state index in [0.717, 1.165) is 5.82 Å². The molecule has 6 nitrogen and oxygen atoms in total. The van der Waals surface area contributed by atoms with Crippen molar-refractivity contribution in [2.75, 3.05) is 0 Å². The van der Waals surface area contributed by atoms with E-state index < -0.39 is 16.6 Å². The van der Waals surface area contributed by atoms with Crippen LogP contribution in [0.1, 0.15) is 0 Å². The molecule has 0 aliphatic carbocycles. The van der Waals surface area contributed by atoms with Crippen LogP contribution < -0.4 is 8.85 Å². The zero-order chi connectivity index (χ0) is 15.1. The maximum absolute atomic E-state index is 6.03. The average molecular weight is 311 g/mol. The number of fused-ring (bicyclic) bond motifs is 1. The Bertz CT molecular complexity index is 586. The highest BCUT2D eigenvalue weighted by atomic mass is 28.4. The van der Waals surface area contributed by atoms with Crippen molar-refractivity contribution < 1.29 is 8.85 Å². The Morgan fingerprint density at radius 2 is 1.55 bits per heavy atom. The topological polar surface area (TPSA) is 62.1 Å². The Hall–Kier alpha value is -1.42. The summed E-state index contributed by atoms with van der Waals surface area (Å²) in [7, 11) is -1.64. The maximum Gasteiger partial charge on any atom is 0.287 e. The Labute approximate surface area is 121 Å². The third kappa shape index (κ3) is 3.37. The van der Waals surface area contributed by atoms with Crippen LogP contribution >= 0.6 is 0 Å². The molecule has 8 heteroatoms. The van der Waals surface area contributed by atoms with E-state index >= 15 is 0 Å². The lowest BCUT2D eigenvalue weighted by molar-refractivity contribution is 0.450. The number of hydrogen-bond donors (Lipinski definition) is 0. The van der Waals surface area contributed by atoms with Crippen LogP contribution in [0.5, 0.6) is 11.9 Å². The molecule has 2 aliphatic heterocycles. The molecule has 0 saturated carbocycles. The number of rotatable bonds is 4. The average Bonchev–Trinajstić information content (AvgIpc) is 2.69. The third-order valence-corrected chi connectivity index (χ3v) is 3.98. The maximum atomic E-state index is 6.03. The lowest BCUT2D eigenvalue weighted by atomic mass is 10.4. The van der Waals surface area contributed by atoms with Gasteiger partial charge in [0.15, 0.2) is 11.5 Å². The summed E-state index contributed by atoms with van der Waals surface area (Å²) in [5, 5.41) is 0. The first-order valence-corrected chi connectivity index (χ1v) is 13.4. The first-order valence-electron chi connectivity index (χ1n) is 6.62. The van der Waals surface area contributed by atoms with Crippen LogP contribution in [0.3, 0.4) is 0 Å². The number of nitrogens with zero attached hydrogens (tertiary/aromatic N) is 4. The van der Waals surface area contributed by atoms with Gasteiger partial charge in [-0.3, -0.25) is 4.57 Å². The molecule has 2 heterocycles. The molecule has 0 unspecified atom stereocenters. The van der Waals surface area contributed by atoms with Gasteiger partial charge in [-0.1, -0.05) is 0 Å². The standard InChI is InChI=1S/C12H22N4O2Si2/c1-16-10-9(13-8-14-10)11(17-19(2,3)4)15-12(16)18-20(5,6)7/h8H,1-7H3. The molecule has 2 rings (SSSR count). The fourth-order valence-corrected chi connectivity index (χ4v) is 3.14. The fourth-order valence-electron chi connectivity index (χ4n) is 1.69. The van der Waals surface area contributed by atoms with E-state index in [4.69, 9.17) is 8.85 Å². The Morgan fingerprint density at radius 1 is 0.950 bits per heavy atom. The second-order valence-electron chi connectivity index (χ2n) is 6.73. The van der Waals surface area contributed by atoms with Gasteiger partial charge in [0.25, 0.3) is 6.01 Å². The molecule has 0 aromatic heterocycles. The molecular formula is C12H22N4O2Si2. The summed E-state index contributed by atoms with van der Waals surface area (Å²) in [5.74, 6) is 1.27. The van der Waals surface area contributed by atoms with Gasteiger partial charge in [0.1, 0.15) is 6.33 Å². The van der Waals surface area contributed by atoms with Crippen LogP contribution in [-0.4, -0.2) is 36.2 Å². The molecule has 0 spiro atoms. The van der Waals surface area contributed by atoms with E-state index in [1.807, 2.05) is 11.6 Å². The predicted molar refractivity (Wildman–Crippen MR) is 83.4 cm³/mol. The number of hydrogen-bond acceptors (Lipinski definition) is 5. The van der Waals surface area contributed by atoms with Gasteiger partial charge in [-0.25, -0.2) is 9.97 Å². The van der Waals surface area contributed by atoms with Crippen molar-refractivity contribution in [3.63, 3.8) is 0 Å². The van der Waals surface area contributed by atoms with Crippen molar-refractivity contribution in [3.8, 4) is 23.4 Å². The Kier molecular flexibility index (Phi) is 3.63. The summed E-state index contributed by atoms with van der Waals surface area (Å²) in [6.45, 7) is 12.7. The van der Waals surface area contributed by atoms with E-state index in [-0.39, 0.29) is 0 Å². The lowest BCUT2D eigenvalue weighted by Gasteiger charge is -2.24. The van der Waals surface area contributed by atoms with Gasteiger partial charge in [0.2, 0.25) is 22.5 Å². The molecule has 0 N–H and O–H groups in total. The highest BCUT2D eigenvalue weighted by molar-refractivity contribution is 6.70. The van der Waals surface area contributed by atoms with Gasteiger partial charge in [-0.15, -0.1) is 0 Å². The third-order valence-electron chi connectivity index (χ3n) is 2.38. The number of imidazole rings is 1. The molecule has 0 aromatic rings. The summed E-state index contributed by atoms with van der Waals surface area (Å²) in [5.41, 5.74) is 0.692. The predicted octanol–water partition coefficient (Wildman–Crippen LogP) is 2.74. The van der Waals surface area contributed by atoms with Crippen molar-refractivity contribution in [3.05, 3.63) is 6.33 Å². The van der Waals surface area contributed by atoms with Crippen LogP contribution in [-0.2, 0) is 7.05 Å². The monoisotopic (exact) mass is 310 g/mol. The van der Waals surface area contributed by atoms with Gasteiger partial charge in [-0.05, 0) is 39.3 Å². The molecule has 110 valence electrons. The smallest absolute Gasteiger partial charge is 0.287 e. The van der Waals surface area contributed by atoms with E-state index in [2.05, 4.69) is 54.2 Å². The fraction of sp³-hybridized carbons (Fsp3) is 0.583. The van der Waals surface area contributed by atoms with E-state index in [1.165, 1.54) is 6.33 Å². The summed E-state index contributed by atoms with van der Waals surface area (Å²) in [4.78, 5) is 13.1. The molecular weight excluding hydrogens is 288 g/mol. The first kappa shape index (κ1) is 15.0. The van der Waals surface area contributed by atoms with Gasteiger partial charge in [0.05, 0.1) is 0 Å². The minimum Gasteiger partial charge on any atom is -0.530 e. The van der Waals surface area contributed by atoms with Gasteiger partial charge >= 0.3 is 0 Å². The van der Waals surface area contributed by atoms with Gasteiger partial charge in [0, 0.05) is 7.05 Å². The molecule has 0 aromatic carbocycles. The van der Waals surface area contributed by atoms with Crippen LogP contribution in [0, 0.1) is 0 Å². The van der Waals surface area contributed by atoms with Gasteiger partial charge < -0.3 is 8.85 Å². The second kappa shape index (κ2) is 4.85. The van der Waals surface area contributed by atoms with Crippen molar-refractivity contribution >= 4 is 16.6 Å². The molecule has 0 radical (unpaired) electrons. The molecule has 0 bridgehead atoms. The molecule has 2 aliphatic rings. The Morgan fingerprint density at radius 3 is 2.10 bits per heavy atom. The molecule has 0 atom stereocenters. The summed E-state index contributed by atoms with van der Waals surface area (Å²) in [6, 6.07) is 0.547. The van der Waals surface area contributed by atoms with Crippen LogP contribution in [0.15, 0.2) is 6.33 Å². The molecule has 20 heavy (non-hydrogen) atoms. The first-order chi connectivity index (χ1) is 9.07. The van der Waals surface area contributed by atoms with Crippen molar-refractivity contribution in [2.45, 2.75) is 39.3 Å². The lowest BCUT2D eigenvalue weighted by Crippen LogP contribution is -2.33. The van der Waals surface area contributed by atoms with Crippen LogP contribution in [0.2, 0.25) is 39.3 Å². The number of aromatic nitrogens is 4. The van der Waals surface area contributed by atoms with E-state index in [1.54, 1.807) is 0 Å². The quantitative estimate of drug-likeness (QED) is 0.813. The van der Waals surface area contributed by atoms with Crippen molar-refractivity contribution in [1.82, 2.24) is 19.5 Å². The zero-order valence-corrected chi connectivity index (χ0v) is 15.2.